The second kappa shape index (κ2) is 5.75. The van der Waals surface area contributed by atoms with E-state index in [1.807, 2.05) is 38.1 Å². The predicted molar refractivity (Wildman–Crippen MR) is 64.7 cm³/mol. The summed E-state index contributed by atoms with van der Waals surface area (Å²) in [6.07, 6.45) is 0. The molecule has 0 aromatic heterocycles. The summed E-state index contributed by atoms with van der Waals surface area (Å²) in [6.45, 7) is 4.37. The Balaban J connectivity index is 2.52. The number of para-hydroxylation sites is 1. The zero-order valence-electron chi connectivity index (χ0n) is 9.42. The molecule has 1 rings (SSSR count). The molecule has 2 amide bonds. The molecule has 86 valence electrons. The second-order valence-corrected chi connectivity index (χ2v) is 3.30. The maximum Gasteiger partial charge on any atom is 0.325 e. The van der Waals surface area contributed by atoms with Gasteiger partial charge in [-0.25, -0.2) is 4.79 Å². The molecule has 5 heteroatoms. The maximum atomic E-state index is 11.4. The van der Waals surface area contributed by atoms with E-state index in [1.54, 1.807) is 0 Å². The molecule has 0 saturated heterocycles. The molecular weight excluding hydrogens is 204 g/mol. The van der Waals surface area contributed by atoms with Gasteiger partial charge >= 0.3 is 6.03 Å². The SMILES string of the molecule is CCNC(=N)NC(=O)Nc1ccccc1C. The molecule has 0 radical (unpaired) electrons. The van der Waals surface area contributed by atoms with Crippen LogP contribution >= 0.6 is 0 Å². The van der Waals surface area contributed by atoms with Crippen LogP contribution in [0.1, 0.15) is 12.5 Å². The second-order valence-electron chi connectivity index (χ2n) is 3.30. The van der Waals surface area contributed by atoms with Crippen molar-refractivity contribution < 1.29 is 4.79 Å². The lowest BCUT2D eigenvalue weighted by atomic mass is 10.2. The normalized spacial score (nSPS) is 9.38. The van der Waals surface area contributed by atoms with Crippen LogP contribution in [0.3, 0.4) is 0 Å². The van der Waals surface area contributed by atoms with Crippen LogP contribution in [0.15, 0.2) is 24.3 Å². The van der Waals surface area contributed by atoms with Crippen molar-refractivity contribution in [3.8, 4) is 0 Å². The number of carbonyl (C=O) groups excluding carboxylic acids is 1. The van der Waals surface area contributed by atoms with Crippen LogP contribution in [0.2, 0.25) is 0 Å². The number of aryl methyl sites for hydroxylation is 1. The number of rotatable bonds is 2. The number of guanidine groups is 1. The van der Waals surface area contributed by atoms with E-state index >= 15 is 0 Å². The third-order valence-corrected chi connectivity index (χ3v) is 1.99. The number of urea groups is 1. The molecular formula is C11H16N4O. The molecule has 0 spiro atoms. The van der Waals surface area contributed by atoms with Crippen molar-refractivity contribution in [3.63, 3.8) is 0 Å². The molecule has 0 heterocycles. The molecule has 0 bridgehead atoms. The van der Waals surface area contributed by atoms with E-state index in [9.17, 15) is 4.79 Å². The molecule has 16 heavy (non-hydrogen) atoms. The third-order valence-electron chi connectivity index (χ3n) is 1.99. The summed E-state index contributed by atoms with van der Waals surface area (Å²) in [5, 5.41) is 15.1. The van der Waals surface area contributed by atoms with Gasteiger partial charge in [0.1, 0.15) is 0 Å². The lowest BCUT2D eigenvalue weighted by Gasteiger charge is -2.10. The number of anilines is 1. The van der Waals surface area contributed by atoms with E-state index in [2.05, 4.69) is 16.0 Å². The van der Waals surface area contributed by atoms with E-state index in [0.717, 1.165) is 11.3 Å². The van der Waals surface area contributed by atoms with E-state index in [0.29, 0.717) is 6.54 Å². The molecule has 0 aliphatic carbocycles. The Bertz CT molecular complexity index is 389. The monoisotopic (exact) mass is 220 g/mol. The van der Waals surface area contributed by atoms with Crippen LogP contribution in [0.25, 0.3) is 0 Å². The van der Waals surface area contributed by atoms with Gasteiger partial charge in [-0.3, -0.25) is 10.7 Å². The van der Waals surface area contributed by atoms with Gasteiger partial charge in [0.15, 0.2) is 5.96 Å². The van der Waals surface area contributed by atoms with Gasteiger partial charge in [-0.05, 0) is 25.5 Å². The molecule has 1 aromatic carbocycles. The summed E-state index contributed by atoms with van der Waals surface area (Å²) >= 11 is 0. The number of carbonyl (C=O) groups is 1. The summed E-state index contributed by atoms with van der Waals surface area (Å²) in [5.74, 6) is -0.00594. The first kappa shape index (κ1) is 12.0. The van der Waals surface area contributed by atoms with Gasteiger partial charge in [0.05, 0.1) is 0 Å². The summed E-state index contributed by atoms with van der Waals surface area (Å²) in [7, 11) is 0. The van der Waals surface area contributed by atoms with E-state index in [4.69, 9.17) is 5.41 Å². The Kier molecular flexibility index (Phi) is 4.32. The molecule has 0 aliphatic heterocycles. The van der Waals surface area contributed by atoms with Crippen LogP contribution in [-0.4, -0.2) is 18.5 Å². The number of hydrogen-bond donors (Lipinski definition) is 4. The molecule has 0 saturated carbocycles. The first-order chi connectivity index (χ1) is 7.63. The van der Waals surface area contributed by atoms with Crippen LogP contribution in [0, 0.1) is 12.3 Å². The Labute approximate surface area is 94.8 Å². The Morgan fingerprint density at radius 1 is 1.38 bits per heavy atom. The number of benzene rings is 1. The lowest BCUT2D eigenvalue weighted by Crippen LogP contribution is -2.42. The smallest absolute Gasteiger partial charge is 0.325 e. The van der Waals surface area contributed by atoms with Crippen molar-refractivity contribution in [1.29, 1.82) is 5.41 Å². The Morgan fingerprint density at radius 3 is 2.69 bits per heavy atom. The standard InChI is InChI=1S/C11H16N4O/c1-3-13-10(12)15-11(16)14-9-7-5-4-6-8(9)2/h4-7H,3H2,1-2H3,(H4,12,13,14,15,16). The van der Waals surface area contributed by atoms with Crippen molar-refractivity contribution in [1.82, 2.24) is 10.6 Å². The Morgan fingerprint density at radius 2 is 2.06 bits per heavy atom. The Hall–Kier alpha value is -2.04. The fourth-order valence-electron chi connectivity index (χ4n) is 1.20. The van der Waals surface area contributed by atoms with Gasteiger partial charge in [-0.2, -0.15) is 0 Å². The van der Waals surface area contributed by atoms with Crippen LogP contribution in [0.4, 0.5) is 10.5 Å². The quantitative estimate of drug-likeness (QED) is 0.452. The van der Waals surface area contributed by atoms with Gasteiger partial charge in [-0.1, -0.05) is 18.2 Å². The first-order valence-electron chi connectivity index (χ1n) is 5.09. The largest absolute Gasteiger partial charge is 0.356 e. The van der Waals surface area contributed by atoms with Gasteiger partial charge < -0.3 is 10.6 Å². The summed E-state index contributed by atoms with van der Waals surface area (Å²) < 4.78 is 0. The molecule has 0 atom stereocenters. The molecule has 1 aromatic rings. The molecule has 5 nitrogen and oxygen atoms in total. The highest BCUT2D eigenvalue weighted by Gasteiger charge is 2.04. The van der Waals surface area contributed by atoms with E-state index in [1.165, 1.54) is 0 Å². The average Bonchev–Trinajstić information content (AvgIpc) is 2.21. The van der Waals surface area contributed by atoms with Crippen molar-refractivity contribution in [3.05, 3.63) is 29.8 Å². The number of amides is 2. The minimum atomic E-state index is -0.416. The molecule has 4 N–H and O–H groups in total. The fraction of sp³-hybridized carbons (Fsp3) is 0.273. The summed E-state index contributed by atoms with van der Waals surface area (Å²) in [6, 6.07) is 7.05. The van der Waals surface area contributed by atoms with Crippen molar-refractivity contribution in [2.75, 3.05) is 11.9 Å². The number of hydrogen-bond acceptors (Lipinski definition) is 2. The summed E-state index contributed by atoms with van der Waals surface area (Å²) in [5.41, 5.74) is 1.72. The maximum absolute atomic E-state index is 11.4. The van der Waals surface area contributed by atoms with Crippen molar-refractivity contribution >= 4 is 17.7 Å². The van der Waals surface area contributed by atoms with Gasteiger partial charge in [0, 0.05) is 12.2 Å². The van der Waals surface area contributed by atoms with Gasteiger partial charge in [0.2, 0.25) is 0 Å². The van der Waals surface area contributed by atoms with E-state index in [-0.39, 0.29) is 5.96 Å². The van der Waals surface area contributed by atoms with Gasteiger partial charge in [-0.15, -0.1) is 0 Å². The number of nitrogens with one attached hydrogen (secondary N) is 4. The highest BCUT2D eigenvalue weighted by Crippen LogP contribution is 2.12. The van der Waals surface area contributed by atoms with Crippen molar-refractivity contribution in [2.45, 2.75) is 13.8 Å². The minimum Gasteiger partial charge on any atom is -0.356 e. The summed E-state index contributed by atoms with van der Waals surface area (Å²) in [4.78, 5) is 11.4. The zero-order chi connectivity index (χ0) is 12.0. The highest BCUT2D eigenvalue weighted by molar-refractivity contribution is 6.01. The lowest BCUT2D eigenvalue weighted by molar-refractivity contribution is 0.256. The van der Waals surface area contributed by atoms with Crippen LogP contribution in [0.5, 0.6) is 0 Å². The fourth-order valence-corrected chi connectivity index (χ4v) is 1.20. The third kappa shape index (κ3) is 3.61. The highest BCUT2D eigenvalue weighted by atomic mass is 16.2. The first-order valence-corrected chi connectivity index (χ1v) is 5.09. The minimum absolute atomic E-state index is 0.00594. The average molecular weight is 220 g/mol. The molecule has 0 aliphatic rings. The predicted octanol–water partition coefficient (Wildman–Crippen LogP) is 1.66. The topological polar surface area (TPSA) is 77.0 Å². The van der Waals surface area contributed by atoms with Gasteiger partial charge in [0.25, 0.3) is 0 Å². The molecule has 0 fully saturated rings. The van der Waals surface area contributed by atoms with Crippen molar-refractivity contribution in [2.24, 2.45) is 0 Å². The van der Waals surface area contributed by atoms with Crippen LogP contribution < -0.4 is 16.0 Å². The molecule has 0 unspecified atom stereocenters. The zero-order valence-corrected chi connectivity index (χ0v) is 9.42. The van der Waals surface area contributed by atoms with E-state index < -0.39 is 6.03 Å². The van der Waals surface area contributed by atoms with Crippen LogP contribution in [-0.2, 0) is 0 Å².